The number of carbonyl (C=O) groups excluding carboxylic acids is 2. The lowest BCUT2D eigenvalue weighted by Gasteiger charge is -2.43. The molecule has 0 aromatic rings. The second-order valence-electron chi connectivity index (χ2n) is 6.67. The summed E-state index contributed by atoms with van der Waals surface area (Å²) in [6, 6.07) is 0. The fourth-order valence-electron chi connectivity index (χ4n) is 4.55. The molecule has 2 aliphatic rings. The van der Waals surface area contributed by atoms with Crippen LogP contribution < -0.4 is 0 Å². The summed E-state index contributed by atoms with van der Waals surface area (Å²) >= 11 is 0. The maximum absolute atomic E-state index is 12.4. The second-order valence-corrected chi connectivity index (χ2v) is 6.67. The van der Waals surface area contributed by atoms with E-state index in [1.165, 1.54) is 38.5 Å². The van der Waals surface area contributed by atoms with Gasteiger partial charge in [-0.1, -0.05) is 32.1 Å². The predicted octanol–water partition coefficient (Wildman–Crippen LogP) is 3.73. The Morgan fingerprint density at radius 3 is 2.36 bits per heavy atom. The van der Waals surface area contributed by atoms with Crippen molar-refractivity contribution in [2.24, 2.45) is 23.7 Å². The highest BCUT2D eigenvalue weighted by atomic mass is 16.5. The molecule has 22 heavy (non-hydrogen) atoms. The Labute approximate surface area is 133 Å². The van der Waals surface area contributed by atoms with Crippen molar-refractivity contribution in [3.63, 3.8) is 0 Å². The summed E-state index contributed by atoms with van der Waals surface area (Å²) in [5, 5.41) is 0. The van der Waals surface area contributed by atoms with Crippen molar-refractivity contribution in [2.75, 3.05) is 13.2 Å². The van der Waals surface area contributed by atoms with E-state index in [1.807, 2.05) is 6.92 Å². The highest BCUT2D eigenvalue weighted by Crippen LogP contribution is 2.47. The van der Waals surface area contributed by atoms with Gasteiger partial charge < -0.3 is 9.47 Å². The van der Waals surface area contributed by atoms with E-state index in [2.05, 4.69) is 0 Å². The van der Waals surface area contributed by atoms with E-state index in [0.717, 1.165) is 12.3 Å². The zero-order valence-corrected chi connectivity index (χ0v) is 14.0. The molecule has 0 radical (unpaired) electrons. The van der Waals surface area contributed by atoms with E-state index in [0.29, 0.717) is 25.0 Å². The van der Waals surface area contributed by atoms with Gasteiger partial charge >= 0.3 is 11.9 Å². The van der Waals surface area contributed by atoms with Crippen molar-refractivity contribution in [2.45, 2.75) is 65.2 Å². The number of fused-ring (bicyclic) bond motifs is 1. The molecule has 0 saturated heterocycles. The third-order valence-corrected chi connectivity index (χ3v) is 5.43. The summed E-state index contributed by atoms with van der Waals surface area (Å²) in [7, 11) is 0. The van der Waals surface area contributed by atoms with Crippen molar-refractivity contribution >= 4 is 11.9 Å². The Morgan fingerprint density at radius 1 is 0.955 bits per heavy atom. The minimum atomic E-state index is -0.315. The van der Waals surface area contributed by atoms with Gasteiger partial charge in [0.25, 0.3) is 0 Å². The lowest BCUT2D eigenvalue weighted by molar-refractivity contribution is -0.159. The quantitative estimate of drug-likeness (QED) is 0.702. The van der Waals surface area contributed by atoms with Crippen LogP contribution in [0.15, 0.2) is 0 Å². The zero-order valence-electron chi connectivity index (χ0n) is 14.0. The molecule has 2 saturated carbocycles. The molecule has 4 unspecified atom stereocenters. The van der Waals surface area contributed by atoms with Crippen molar-refractivity contribution in [3.8, 4) is 0 Å². The highest BCUT2D eigenvalue weighted by molar-refractivity contribution is 5.80. The summed E-state index contributed by atoms with van der Waals surface area (Å²) < 4.78 is 10.4. The van der Waals surface area contributed by atoms with E-state index in [4.69, 9.17) is 9.47 Å². The molecular weight excluding hydrogens is 280 g/mol. The molecule has 4 atom stereocenters. The second kappa shape index (κ2) is 8.54. The van der Waals surface area contributed by atoms with Crippen molar-refractivity contribution in [1.82, 2.24) is 0 Å². The standard InChI is InChI=1S/C18H30O4/c1-3-21-17(19)12-16(18(20)22-4-2)15-11-7-9-13-8-5-6-10-14(13)15/h13-16H,3-12H2,1-2H3. The molecule has 0 aromatic heterocycles. The van der Waals surface area contributed by atoms with Gasteiger partial charge in [-0.2, -0.15) is 0 Å². The van der Waals surface area contributed by atoms with Crippen LogP contribution in [0, 0.1) is 23.7 Å². The number of hydrogen-bond donors (Lipinski definition) is 0. The smallest absolute Gasteiger partial charge is 0.309 e. The molecule has 0 N–H and O–H groups in total. The monoisotopic (exact) mass is 310 g/mol. The van der Waals surface area contributed by atoms with Crippen molar-refractivity contribution < 1.29 is 19.1 Å². The van der Waals surface area contributed by atoms with E-state index in [9.17, 15) is 9.59 Å². The first-order valence-corrected chi connectivity index (χ1v) is 8.99. The summed E-state index contributed by atoms with van der Waals surface area (Å²) in [6.07, 6.45) is 8.75. The van der Waals surface area contributed by atoms with Crippen molar-refractivity contribution in [1.29, 1.82) is 0 Å². The Kier molecular flexibility index (Phi) is 6.71. The molecule has 2 fully saturated rings. The van der Waals surface area contributed by atoms with E-state index >= 15 is 0 Å². The SMILES string of the molecule is CCOC(=O)CC(C(=O)OCC)C1CCCC2CCCCC21. The van der Waals surface area contributed by atoms with Crippen LogP contribution in [0.1, 0.15) is 65.2 Å². The summed E-state index contributed by atoms with van der Waals surface area (Å²) in [6.45, 7) is 4.36. The zero-order chi connectivity index (χ0) is 15.9. The Balaban J connectivity index is 2.11. The number of carbonyl (C=O) groups is 2. The van der Waals surface area contributed by atoms with Gasteiger partial charge in [0, 0.05) is 0 Å². The van der Waals surface area contributed by atoms with Crippen LogP contribution in [-0.2, 0) is 19.1 Å². The third kappa shape index (κ3) is 4.23. The molecule has 4 heteroatoms. The Bertz CT molecular complexity index is 377. The number of hydrogen-bond acceptors (Lipinski definition) is 4. The largest absolute Gasteiger partial charge is 0.466 e. The van der Waals surface area contributed by atoms with Crippen LogP contribution in [0.2, 0.25) is 0 Å². The lowest BCUT2D eigenvalue weighted by Crippen LogP contribution is -2.39. The normalized spacial score (nSPS) is 29.3. The summed E-state index contributed by atoms with van der Waals surface area (Å²) in [5.74, 6) is 0.843. The molecule has 2 rings (SSSR count). The number of esters is 2. The minimum Gasteiger partial charge on any atom is -0.466 e. The van der Waals surface area contributed by atoms with Gasteiger partial charge in [0.05, 0.1) is 25.6 Å². The van der Waals surface area contributed by atoms with Gasteiger partial charge in [-0.15, -0.1) is 0 Å². The molecule has 0 heterocycles. The first-order valence-electron chi connectivity index (χ1n) is 8.99. The van der Waals surface area contributed by atoms with Crippen LogP contribution in [0.25, 0.3) is 0 Å². The van der Waals surface area contributed by atoms with Crippen LogP contribution in [0.3, 0.4) is 0 Å². The van der Waals surface area contributed by atoms with E-state index in [1.54, 1.807) is 6.92 Å². The number of ether oxygens (including phenoxy) is 2. The lowest BCUT2D eigenvalue weighted by atomic mass is 9.61. The summed E-state index contributed by atoms with van der Waals surface area (Å²) in [5.41, 5.74) is 0. The molecule has 0 amide bonds. The van der Waals surface area contributed by atoms with Gasteiger partial charge in [-0.25, -0.2) is 0 Å². The molecule has 2 aliphatic carbocycles. The minimum absolute atomic E-state index is 0.181. The fourth-order valence-corrected chi connectivity index (χ4v) is 4.55. The summed E-state index contributed by atoms with van der Waals surface area (Å²) in [4.78, 5) is 24.4. The average Bonchev–Trinajstić information content (AvgIpc) is 2.52. The van der Waals surface area contributed by atoms with Crippen LogP contribution in [0.5, 0.6) is 0 Å². The third-order valence-electron chi connectivity index (χ3n) is 5.43. The van der Waals surface area contributed by atoms with Gasteiger partial charge in [0.1, 0.15) is 0 Å². The van der Waals surface area contributed by atoms with Crippen LogP contribution in [-0.4, -0.2) is 25.2 Å². The molecule has 4 nitrogen and oxygen atoms in total. The van der Waals surface area contributed by atoms with Crippen molar-refractivity contribution in [3.05, 3.63) is 0 Å². The number of rotatable bonds is 6. The predicted molar refractivity (Wildman–Crippen MR) is 84.2 cm³/mol. The van der Waals surface area contributed by atoms with Crippen LogP contribution >= 0.6 is 0 Å². The fraction of sp³-hybridized carbons (Fsp3) is 0.889. The van der Waals surface area contributed by atoms with Crippen LogP contribution in [0.4, 0.5) is 0 Å². The van der Waals surface area contributed by atoms with E-state index in [-0.39, 0.29) is 24.3 Å². The van der Waals surface area contributed by atoms with Gasteiger partial charge in [0.15, 0.2) is 0 Å². The van der Waals surface area contributed by atoms with Gasteiger partial charge in [-0.05, 0) is 44.4 Å². The Morgan fingerprint density at radius 2 is 1.64 bits per heavy atom. The highest BCUT2D eigenvalue weighted by Gasteiger charge is 2.42. The average molecular weight is 310 g/mol. The molecular formula is C18H30O4. The van der Waals surface area contributed by atoms with E-state index < -0.39 is 0 Å². The molecule has 0 aliphatic heterocycles. The first-order chi connectivity index (χ1) is 10.7. The maximum Gasteiger partial charge on any atom is 0.309 e. The maximum atomic E-state index is 12.4. The molecule has 0 bridgehead atoms. The Hall–Kier alpha value is -1.06. The van der Waals surface area contributed by atoms with Gasteiger partial charge in [-0.3, -0.25) is 9.59 Å². The molecule has 0 spiro atoms. The molecule has 0 aromatic carbocycles. The molecule has 126 valence electrons. The topological polar surface area (TPSA) is 52.6 Å². The first kappa shape index (κ1) is 17.3. The van der Waals surface area contributed by atoms with Gasteiger partial charge in [0.2, 0.25) is 0 Å².